The molecule has 0 saturated carbocycles. The molecule has 0 aliphatic carbocycles. The fourth-order valence-electron chi connectivity index (χ4n) is 2.55. The zero-order valence-electron chi connectivity index (χ0n) is 17.0. The molecule has 0 fully saturated rings. The highest BCUT2D eigenvalue weighted by molar-refractivity contribution is 6.05. The fraction of sp³-hybridized carbons (Fsp3) is 0.273. The molecule has 0 amide bonds. The molecular weight excluding hydrogens is 394 g/mol. The summed E-state index contributed by atoms with van der Waals surface area (Å²) in [5, 5.41) is 10.5. The van der Waals surface area contributed by atoms with Gasteiger partial charge in [0.1, 0.15) is 22.9 Å². The smallest absolute Gasteiger partial charge is 0.204 e. The van der Waals surface area contributed by atoms with Crippen LogP contribution in [0.3, 0.4) is 0 Å². The molecule has 0 saturated heterocycles. The SMILES string of the molecule is COCOc1c(C=CC(=O)c2ccccn2)c(OC)cc(O)c1CC=C(C)C.Cl. The Morgan fingerprint density at radius 3 is 2.59 bits per heavy atom. The minimum Gasteiger partial charge on any atom is -0.507 e. The van der Waals surface area contributed by atoms with Crippen LogP contribution in [0.15, 0.2) is 48.2 Å². The van der Waals surface area contributed by atoms with Gasteiger partial charge in [0.05, 0.1) is 12.7 Å². The number of allylic oxidation sites excluding steroid dienone is 3. The molecule has 0 spiro atoms. The first-order valence-corrected chi connectivity index (χ1v) is 8.79. The molecule has 0 atom stereocenters. The molecule has 1 aromatic heterocycles. The molecule has 0 bridgehead atoms. The zero-order valence-corrected chi connectivity index (χ0v) is 17.8. The van der Waals surface area contributed by atoms with Crippen LogP contribution in [0.25, 0.3) is 6.08 Å². The van der Waals surface area contributed by atoms with E-state index >= 15 is 0 Å². The normalized spacial score (nSPS) is 10.3. The lowest BCUT2D eigenvalue weighted by molar-refractivity contribution is 0.0500. The highest BCUT2D eigenvalue weighted by Crippen LogP contribution is 2.40. The van der Waals surface area contributed by atoms with Gasteiger partial charge in [-0.05, 0) is 44.6 Å². The van der Waals surface area contributed by atoms with Crippen LogP contribution in [-0.4, -0.2) is 36.9 Å². The van der Waals surface area contributed by atoms with E-state index < -0.39 is 0 Å². The average molecular weight is 420 g/mol. The molecule has 29 heavy (non-hydrogen) atoms. The number of benzene rings is 1. The molecule has 2 rings (SSSR count). The van der Waals surface area contributed by atoms with Crippen molar-refractivity contribution in [3.8, 4) is 17.2 Å². The number of pyridine rings is 1. The molecule has 1 heterocycles. The van der Waals surface area contributed by atoms with Crippen molar-refractivity contribution in [3.63, 3.8) is 0 Å². The van der Waals surface area contributed by atoms with Crippen molar-refractivity contribution in [1.82, 2.24) is 4.98 Å². The van der Waals surface area contributed by atoms with Crippen LogP contribution < -0.4 is 9.47 Å². The molecule has 1 N–H and O–H groups in total. The number of hydrogen-bond acceptors (Lipinski definition) is 6. The van der Waals surface area contributed by atoms with E-state index in [1.54, 1.807) is 30.5 Å². The second-order valence-electron chi connectivity index (χ2n) is 6.27. The molecule has 7 heteroatoms. The molecular formula is C22H26ClNO5. The Labute approximate surface area is 177 Å². The lowest BCUT2D eigenvalue weighted by Crippen LogP contribution is -2.05. The Kier molecular flexibility index (Phi) is 9.92. The Balaban J connectivity index is 0.00000420. The molecule has 6 nitrogen and oxygen atoms in total. The van der Waals surface area contributed by atoms with E-state index in [4.69, 9.17) is 14.2 Å². The standard InChI is InChI=1S/C22H25NO5.ClH/c1-15(2)8-9-16-20(25)13-21(27-4)17(22(16)28-14-26-3)10-11-19(24)18-7-5-6-12-23-18;/h5-8,10-13,25H,9,14H2,1-4H3;1H. The second-order valence-corrected chi connectivity index (χ2v) is 6.27. The summed E-state index contributed by atoms with van der Waals surface area (Å²) in [7, 11) is 3.00. The van der Waals surface area contributed by atoms with Crippen LogP contribution in [0.2, 0.25) is 0 Å². The summed E-state index contributed by atoms with van der Waals surface area (Å²) in [4.78, 5) is 16.5. The van der Waals surface area contributed by atoms with Gasteiger partial charge in [0.25, 0.3) is 0 Å². The van der Waals surface area contributed by atoms with Crippen LogP contribution >= 0.6 is 12.4 Å². The number of aromatic hydroxyl groups is 1. The maximum absolute atomic E-state index is 12.4. The van der Waals surface area contributed by atoms with Crippen molar-refractivity contribution in [2.75, 3.05) is 21.0 Å². The van der Waals surface area contributed by atoms with Gasteiger partial charge in [-0.1, -0.05) is 17.7 Å². The van der Waals surface area contributed by atoms with Crippen LogP contribution in [0.4, 0.5) is 0 Å². The maximum Gasteiger partial charge on any atom is 0.204 e. The highest BCUT2D eigenvalue weighted by Gasteiger charge is 2.18. The summed E-state index contributed by atoms with van der Waals surface area (Å²) in [6.45, 7) is 3.94. The molecule has 0 unspecified atom stereocenters. The van der Waals surface area contributed by atoms with Crippen LogP contribution in [0.1, 0.15) is 35.5 Å². The van der Waals surface area contributed by atoms with Crippen molar-refractivity contribution in [1.29, 1.82) is 0 Å². The predicted molar refractivity (Wildman–Crippen MR) is 115 cm³/mol. The Hall–Kier alpha value is -2.83. The number of phenolic OH excluding ortho intramolecular Hbond substituents is 1. The summed E-state index contributed by atoms with van der Waals surface area (Å²) in [5.41, 5.74) is 2.57. The van der Waals surface area contributed by atoms with E-state index in [9.17, 15) is 9.90 Å². The lowest BCUT2D eigenvalue weighted by atomic mass is 10.0. The number of methoxy groups -OCH3 is 2. The van der Waals surface area contributed by atoms with Gasteiger partial charge in [-0.3, -0.25) is 9.78 Å². The van der Waals surface area contributed by atoms with E-state index in [-0.39, 0.29) is 30.7 Å². The van der Waals surface area contributed by atoms with E-state index in [0.717, 1.165) is 5.57 Å². The van der Waals surface area contributed by atoms with Crippen LogP contribution in [-0.2, 0) is 11.2 Å². The number of aromatic nitrogens is 1. The van der Waals surface area contributed by atoms with Gasteiger partial charge in [-0.25, -0.2) is 0 Å². The number of ether oxygens (including phenoxy) is 3. The minimum atomic E-state index is -0.251. The first-order chi connectivity index (χ1) is 13.5. The minimum absolute atomic E-state index is 0. The average Bonchev–Trinajstić information content (AvgIpc) is 2.70. The first-order valence-electron chi connectivity index (χ1n) is 8.79. The van der Waals surface area contributed by atoms with E-state index in [0.29, 0.717) is 34.7 Å². The van der Waals surface area contributed by atoms with Crippen molar-refractivity contribution < 1.29 is 24.1 Å². The third kappa shape index (κ3) is 6.62. The van der Waals surface area contributed by atoms with E-state index in [1.165, 1.54) is 26.4 Å². The fourth-order valence-corrected chi connectivity index (χ4v) is 2.55. The van der Waals surface area contributed by atoms with Crippen molar-refractivity contribution in [2.45, 2.75) is 20.3 Å². The van der Waals surface area contributed by atoms with Crippen LogP contribution in [0, 0.1) is 0 Å². The monoisotopic (exact) mass is 419 g/mol. The van der Waals surface area contributed by atoms with Crippen molar-refractivity contribution in [3.05, 3.63) is 65.0 Å². The Morgan fingerprint density at radius 1 is 1.24 bits per heavy atom. The number of carbonyl (C=O) groups excluding carboxylic acids is 1. The number of halogens is 1. The van der Waals surface area contributed by atoms with Gasteiger partial charge in [-0.2, -0.15) is 0 Å². The Bertz CT molecular complexity index is 875. The molecule has 0 aliphatic rings. The summed E-state index contributed by atoms with van der Waals surface area (Å²) in [6.07, 6.45) is 7.01. The number of phenols is 1. The zero-order chi connectivity index (χ0) is 20.5. The van der Waals surface area contributed by atoms with Crippen molar-refractivity contribution in [2.24, 2.45) is 0 Å². The number of ketones is 1. The summed E-state index contributed by atoms with van der Waals surface area (Å²) >= 11 is 0. The highest BCUT2D eigenvalue weighted by atomic mass is 35.5. The molecule has 0 aliphatic heterocycles. The molecule has 2 aromatic rings. The quantitative estimate of drug-likeness (QED) is 0.277. The summed E-state index contributed by atoms with van der Waals surface area (Å²) in [5.74, 6) is 0.587. The number of hydrogen-bond donors (Lipinski definition) is 1. The van der Waals surface area contributed by atoms with Gasteiger partial charge >= 0.3 is 0 Å². The third-order valence-electron chi connectivity index (χ3n) is 3.94. The number of carbonyl (C=O) groups is 1. The summed E-state index contributed by atoms with van der Waals surface area (Å²) < 4.78 is 16.2. The maximum atomic E-state index is 12.4. The number of rotatable bonds is 9. The first kappa shape index (κ1) is 24.2. The van der Waals surface area contributed by atoms with Gasteiger partial charge in [0.15, 0.2) is 6.79 Å². The van der Waals surface area contributed by atoms with E-state index in [1.807, 2.05) is 19.9 Å². The van der Waals surface area contributed by atoms with Gasteiger partial charge in [-0.15, -0.1) is 12.4 Å². The molecule has 1 aromatic carbocycles. The second kappa shape index (κ2) is 11.9. The van der Waals surface area contributed by atoms with Gasteiger partial charge in [0, 0.05) is 24.9 Å². The summed E-state index contributed by atoms with van der Waals surface area (Å²) in [6, 6.07) is 6.65. The van der Waals surface area contributed by atoms with Crippen LogP contribution in [0.5, 0.6) is 17.2 Å². The topological polar surface area (TPSA) is 77.9 Å². The van der Waals surface area contributed by atoms with Crippen molar-refractivity contribution >= 4 is 24.3 Å². The Morgan fingerprint density at radius 2 is 2.00 bits per heavy atom. The predicted octanol–water partition coefficient (Wildman–Crippen LogP) is 4.61. The third-order valence-corrected chi connectivity index (χ3v) is 3.94. The number of nitrogens with zero attached hydrogens (tertiary/aromatic N) is 1. The lowest BCUT2D eigenvalue weighted by Gasteiger charge is -2.17. The van der Waals surface area contributed by atoms with Gasteiger partial charge < -0.3 is 19.3 Å². The molecule has 156 valence electrons. The van der Waals surface area contributed by atoms with Gasteiger partial charge in [0.2, 0.25) is 5.78 Å². The molecule has 0 radical (unpaired) electrons. The largest absolute Gasteiger partial charge is 0.507 e. The van der Waals surface area contributed by atoms with E-state index in [2.05, 4.69) is 4.98 Å².